The van der Waals surface area contributed by atoms with Gasteiger partial charge in [-0.3, -0.25) is 0 Å². The average molecular weight is 272 g/mol. The zero-order valence-corrected chi connectivity index (χ0v) is 10.3. The van der Waals surface area contributed by atoms with Gasteiger partial charge in [-0.2, -0.15) is 18.6 Å². The molecule has 4 heteroatoms. The molecule has 1 aromatic carbocycles. The van der Waals surface area contributed by atoms with Gasteiger partial charge in [0.2, 0.25) is 0 Å². The Hall–Kier alpha value is 0.0534. The van der Waals surface area contributed by atoms with Gasteiger partial charge in [0.1, 0.15) is 11.6 Å². The molecule has 0 saturated carbocycles. The van der Waals surface area contributed by atoms with Gasteiger partial charge in [-0.1, -0.05) is 6.07 Å². The SMILES string of the molecule is [Br-].[CH2-]c1ccc(F)c(F)c1.[Zn+2]. The van der Waals surface area contributed by atoms with Crippen LogP contribution in [0, 0.1) is 18.6 Å². The van der Waals surface area contributed by atoms with Gasteiger partial charge in [0, 0.05) is 0 Å². The summed E-state index contributed by atoms with van der Waals surface area (Å²) in [6.07, 6.45) is 0. The molecule has 0 aliphatic rings. The van der Waals surface area contributed by atoms with Crippen molar-refractivity contribution in [1.29, 1.82) is 0 Å². The Balaban J connectivity index is 0. The normalized spacial score (nSPS) is 7.82. The van der Waals surface area contributed by atoms with Crippen LogP contribution in [0.3, 0.4) is 0 Å². The van der Waals surface area contributed by atoms with E-state index in [0.29, 0.717) is 5.56 Å². The first-order valence-electron chi connectivity index (χ1n) is 2.47. The first-order chi connectivity index (χ1) is 4.20. The van der Waals surface area contributed by atoms with Crippen molar-refractivity contribution < 1.29 is 45.2 Å². The van der Waals surface area contributed by atoms with Crippen LogP contribution >= 0.6 is 0 Å². The number of halogens is 3. The van der Waals surface area contributed by atoms with Crippen LogP contribution in [0.5, 0.6) is 0 Å². The molecule has 56 valence electrons. The minimum Gasteiger partial charge on any atom is -1.00 e. The third kappa shape index (κ3) is 3.83. The van der Waals surface area contributed by atoms with Crippen LogP contribution in [0.2, 0.25) is 0 Å². The maximum absolute atomic E-state index is 12.2. The van der Waals surface area contributed by atoms with Crippen molar-refractivity contribution >= 4 is 0 Å². The molecule has 0 aliphatic heterocycles. The summed E-state index contributed by atoms with van der Waals surface area (Å²) >= 11 is 0. The third-order valence-electron chi connectivity index (χ3n) is 0.984. The Kier molecular flexibility index (Phi) is 7.03. The molecule has 0 saturated heterocycles. The monoisotopic (exact) mass is 270 g/mol. The van der Waals surface area contributed by atoms with Gasteiger partial charge < -0.3 is 17.0 Å². The fourth-order valence-corrected chi connectivity index (χ4v) is 0.540. The molecule has 0 aliphatic carbocycles. The van der Waals surface area contributed by atoms with E-state index in [2.05, 4.69) is 6.92 Å². The zero-order valence-electron chi connectivity index (χ0n) is 5.78. The molecule has 0 aromatic heterocycles. The fourth-order valence-electron chi connectivity index (χ4n) is 0.540. The predicted molar refractivity (Wildman–Crippen MR) is 30.8 cm³/mol. The van der Waals surface area contributed by atoms with E-state index < -0.39 is 11.6 Å². The summed E-state index contributed by atoms with van der Waals surface area (Å²) in [5.41, 5.74) is 0.480. The van der Waals surface area contributed by atoms with Gasteiger partial charge in [0.05, 0.1) is 0 Å². The molecule has 11 heavy (non-hydrogen) atoms. The van der Waals surface area contributed by atoms with Crippen LogP contribution in [0.15, 0.2) is 18.2 Å². The van der Waals surface area contributed by atoms with E-state index in [0.717, 1.165) is 12.1 Å². The Bertz CT molecular complexity index is 228. The smallest absolute Gasteiger partial charge is 1.00 e. The maximum atomic E-state index is 12.2. The molecule has 0 unspecified atom stereocenters. The largest absolute Gasteiger partial charge is 2.00 e. The molecule has 0 amide bonds. The van der Waals surface area contributed by atoms with Crippen LogP contribution < -0.4 is 17.0 Å². The van der Waals surface area contributed by atoms with Gasteiger partial charge in [0.15, 0.2) is 0 Å². The second kappa shape index (κ2) is 5.67. The summed E-state index contributed by atoms with van der Waals surface area (Å²) in [5.74, 6) is -1.68. The Labute approximate surface area is 87.5 Å². The summed E-state index contributed by atoms with van der Waals surface area (Å²) < 4.78 is 24.3. The van der Waals surface area contributed by atoms with Crippen molar-refractivity contribution in [3.8, 4) is 0 Å². The van der Waals surface area contributed by atoms with Crippen molar-refractivity contribution in [1.82, 2.24) is 0 Å². The van der Waals surface area contributed by atoms with Gasteiger partial charge in [-0.25, -0.2) is 8.78 Å². The summed E-state index contributed by atoms with van der Waals surface area (Å²) in [4.78, 5) is 0. The second-order valence-corrected chi connectivity index (χ2v) is 1.75. The zero-order chi connectivity index (χ0) is 6.85. The minimum atomic E-state index is -0.845. The molecule has 1 rings (SSSR count). The molecule has 0 atom stereocenters. The van der Waals surface area contributed by atoms with E-state index >= 15 is 0 Å². The summed E-state index contributed by atoms with van der Waals surface area (Å²) in [7, 11) is 0. The Morgan fingerprint density at radius 1 is 1.09 bits per heavy atom. The first-order valence-corrected chi connectivity index (χ1v) is 2.47. The number of rotatable bonds is 0. The van der Waals surface area contributed by atoms with E-state index in [4.69, 9.17) is 0 Å². The topological polar surface area (TPSA) is 0 Å². The molecule has 0 bridgehead atoms. The Morgan fingerprint density at radius 2 is 1.64 bits per heavy atom. The van der Waals surface area contributed by atoms with Crippen LogP contribution in [0.25, 0.3) is 0 Å². The summed E-state index contributed by atoms with van der Waals surface area (Å²) in [5, 5.41) is 0. The predicted octanol–water partition coefficient (Wildman–Crippen LogP) is -0.852. The van der Waals surface area contributed by atoms with Crippen molar-refractivity contribution in [2.24, 2.45) is 0 Å². The van der Waals surface area contributed by atoms with Gasteiger partial charge in [-0.15, -0.1) is 6.07 Å². The molecule has 0 spiro atoms. The maximum Gasteiger partial charge on any atom is 2.00 e. The number of benzene rings is 1. The quantitative estimate of drug-likeness (QED) is 0.426. The van der Waals surface area contributed by atoms with Crippen LogP contribution in [-0.4, -0.2) is 0 Å². The van der Waals surface area contributed by atoms with E-state index in [1.54, 1.807) is 0 Å². The van der Waals surface area contributed by atoms with E-state index in [-0.39, 0.29) is 36.5 Å². The van der Waals surface area contributed by atoms with Crippen LogP contribution in [0.1, 0.15) is 5.56 Å². The fraction of sp³-hybridized carbons (Fsp3) is 0. The van der Waals surface area contributed by atoms with Crippen molar-refractivity contribution in [2.45, 2.75) is 0 Å². The molecule has 1 aromatic rings. The minimum absolute atomic E-state index is 0. The average Bonchev–Trinajstić information content (AvgIpc) is 1.80. The van der Waals surface area contributed by atoms with Gasteiger partial charge in [-0.05, 0) is 0 Å². The molecule has 0 radical (unpaired) electrons. The molecular weight excluding hydrogens is 267 g/mol. The van der Waals surface area contributed by atoms with Gasteiger partial charge >= 0.3 is 19.5 Å². The third-order valence-corrected chi connectivity index (χ3v) is 0.984. The van der Waals surface area contributed by atoms with E-state index in [1.807, 2.05) is 0 Å². The standard InChI is InChI=1S/C7H5F2.BrH.Zn/c1-5-2-3-6(8)7(9)4-5;;/h2-4H,1H2;1H;/q-1;;+2/p-1. The van der Waals surface area contributed by atoms with Crippen LogP contribution in [0.4, 0.5) is 8.78 Å². The molecular formula is C7H5BrF2Zn. The molecule has 0 heterocycles. The first kappa shape index (κ1) is 13.6. The molecule has 0 fully saturated rings. The van der Waals surface area contributed by atoms with E-state index in [9.17, 15) is 8.78 Å². The van der Waals surface area contributed by atoms with E-state index in [1.165, 1.54) is 6.07 Å². The summed E-state index contributed by atoms with van der Waals surface area (Å²) in [6.45, 7) is 3.42. The number of hydrogen-bond donors (Lipinski definition) is 0. The summed E-state index contributed by atoms with van der Waals surface area (Å²) in [6, 6.07) is 3.52. The molecule has 0 N–H and O–H groups in total. The Morgan fingerprint density at radius 3 is 2.00 bits per heavy atom. The van der Waals surface area contributed by atoms with Crippen molar-refractivity contribution in [2.75, 3.05) is 0 Å². The van der Waals surface area contributed by atoms with Gasteiger partial charge in [0.25, 0.3) is 0 Å². The molecule has 0 nitrogen and oxygen atoms in total. The van der Waals surface area contributed by atoms with Crippen molar-refractivity contribution in [3.63, 3.8) is 0 Å². The van der Waals surface area contributed by atoms with Crippen LogP contribution in [-0.2, 0) is 19.5 Å². The van der Waals surface area contributed by atoms with Crippen molar-refractivity contribution in [3.05, 3.63) is 42.3 Å². The number of hydrogen-bond acceptors (Lipinski definition) is 0. The second-order valence-electron chi connectivity index (χ2n) is 1.75.